The van der Waals surface area contributed by atoms with Gasteiger partial charge in [-0.05, 0) is 25.2 Å². The number of nitrogens with two attached hydrogens (primary N) is 1. The van der Waals surface area contributed by atoms with E-state index in [-0.39, 0.29) is 5.91 Å². The molecule has 0 aromatic rings. The number of allylic oxidation sites excluding steroid dienone is 4. The highest BCUT2D eigenvalue weighted by molar-refractivity contribution is 5.88. The first-order chi connectivity index (χ1) is 6.10. The van der Waals surface area contributed by atoms with Crippen LogP contribution in [0.2, 0.25) is 0 Å². The zero-order valence-electron chi connectivity index (χ0n) is 7.71. The van der Waals surface area contributed by atoms with Crippen LogP contribution in [-0.4, -0.2) is 5.91 Å². The molecule has 3 heteroatoms. The molecule has 70 valence electrons. The summed E-state index contributed by atoms with van der Waals surface area (Å²) in [5.41, 5.74) is 6.66. The Morgan fingerprint density at radius 2 is 2.08 bits per heavy atom. The van der Waals surface area contributed by atoms with Crippen LogP contribution in [0.5, 0.6) is 0 Å². The smallest absolute Gasteiger partial charge is 0.247 e. The monoisotopic (exact) mass is 178 g/mol. The van der Waals surface area contributed by atoms with Crippen molar-refractivity contribution in [3.8, 4) is 0 Å². The zero-order valence-corrected chi connectivity index (χ0v) is 7.71. The van der Waals surface area contributed by atoms with Crippen LogP contribution in [0.3, 0.4) is 0 Å². The Labute approximate surface area is 78.3 Å². The Balaban J connectivity index is 4.54. The van der Waals surface area contributed by atoms with Crippen LogP contribution in [0.15, 0.2) is 48.9 Å². The molecule has 0 aliphatic carbocycles. The van der Waals surface area contributed by atoms with Crippen LogP contribution in [0, 0.1) is 0 Å². The number of carbonyl (C=O) groups is 1. The molecule has 0 radical (unpaired) electrons. The molecule has 1 amide bonds. The zero-order chi connectivity index (χ0) is 10.3. The van der Waals surface area contributed by atoms with Crippen molar-refractivity contribution in [3.05, 3.63) is 48.9 Å². The lowest BCUT2D eigenvalue weighted by atomic mass is 10.3. The lowest BCUT2D eigenvalue weighted by Crippen LogP contribution is -2.19. The average molecular weight is 178 g/mol. The normalized spacial score (nSPS) is 12.1. The number of amides is 1. The SMILES string of the molecule is C=C/C=C(\C=C(/C)N)NC(=O)C=C. The molecule has 0 bridgehead atoms. The largest absolute Gasteiger partial charge is 0.402 e. The van der Waals surface area contributed by atoms with Gasteiger partial charge in [-0.1, -0.05) is 19.2 Å². The van der Waals surface area contributed by atoms with Gasteiger partial charge >= 0.3 is 0 Å². The first-order valence-electron chi connectivity index (χ1n) is 3.80. The molecule has 0 atom stereocenters. The molecule has 0 rings (SSSR count). The Morgan fingerprint density at radius 1 is 1.46 bits per heavy atom. The molecule has 3 nitrogen and oxygen atoms in total. The molecule has 0 aromatic carbocycles. The molecule has 0 aromatic heterocycles. The number of hydrogen-bond acceptors (Lipinski definition) is 2. The summed E-state index contributed by atoms with van der Waals surface area (Å²) < 4.78 is 0. The molecule has 0 heterocycles. The van der Waals surface area contributed by atoms with E-state index >= 15 is 0 Å². The van der Waals surface area contributed by atoms with E-state index < -0.39 is 0 Å². The quantitative estimate of drug-likeness (QED) is 0.502. The van der Waals surface area contributed by atoms with E-state index in [2.05, 4.69) is 18.5 Å². The first-order valence-corrected chi connectivity index (χ1v) is 3.80. The fraction of sp³-hybridized carbons (Fsp3) is 0.100. The van der Waals surface area contributed by atoms with Gasteiger partial charge in [0.05, 0.1) is 0 Å². The highest BCUT2D eigenvalue weighted by Gasteiger charge is 1.95. The molecule has 0 aliphatic heterocycles. The van der Waals surface area contributed by atoms with E-state index in [0.29, 0.717) is 11.4 Å². The first kappa shape index (κ1) is 11.2. The topological polar surface area (TPSA) is 55.1 Å². The van der Waals surface area contributed by atoms with E-state index in [1.165, 1.54) is 6.08 Å². The minimum atomic E-state index is -0.273. The summed E-state index contributed by atoms with van der Waals surface area (Å²) in [4.78, 5) is 10.9. The maximum absolute atomic E-state index is 10.9. The summed E-state index contributed by atoms with van der Waals surface area (Å²) in [6.07, 6.45) is 6.05. The maximum Gasteiger partial charge on any atom is 0.247 e. The summed E-state index contributed by atoms with van der Waals surface area (Å²) in [6.45, 7) is 8.59. The molecular weight excluding hydrogens is 164 g/mol. The van der Waals surface area contributed by atoms with Gasteiger partial charge in [0.1, 0.15) is 0 Å². The Morgan fingerprint density at radius 3 is 2.46 bits per heavy atom. The second-order valence-electron chi connectivity index (χ2n) is 2.44. The van der Waals surface area contributed by atoms with Crippen molar-refractivity contribution in [3.63, 3.8) is 0 Å². The molecule has 0 unspecified atom stereocenters. The number of hydrogen-bond donors (Lipinski definition) is 2. The van der Waals surface area contributed by atoms with E-state index in [9.17, 15) is 4.79 Å². The summed E-state index contributed by atoms with van der Waals surface area (Å²) >= 11 is 0. The second kappa shape index (κ2) is 5.83. The van der Waals surface area contributed by atoms with Gasteiger partial charge in [0.25, 0.3) is 0 Å². The summed E-state index contributed by atoms with van der Waals surface area (Å²) in [5, 5.41) is 2.58. The van der Waals surface area contributed by atoms with Gasteiger partial charge in [0.15, 0.2) is 0 Å². The van der Waals surface area contributed by atoms with Crippen molar-refractivity contribution in [2.45, 2.75) is 6.92 Å². The summed E-state index contributed by atoms with van der Waals surface area (Å²) in [5.74, 6) is -0.273. The average Bonchev–Trinajstić information content (AvgIpc) is 2.03. The summed E-state index contributed by atoms with van der Waals surface area (Å²) in [7, 11) is 0. The Kier molecular flexibility index (Phi) is 5.03. The van der Waals surface area contributed by atoms with Crippen LogP contribution >= 0.6 is 0 Å². The molecule has 0 fully saturated rings. The van der Waals surface area contributed by atoms with Gasteiger partial charge < -0.3 is 11.1 Å². The van der Waals surface area contributed by atoms with Gasteiger partial charge in [-0.3, -0.25) is 4.79 Å². The molecule has 0 aliphatic rings. The van der Waals surface area contributed by atoms with Crippen molar-refractivity contribution < 1.29 is 4.79 Å². The highest BCUT2D eigenvalue weighted by Crippen LogP contribution is 1.95. The number of rotatable bonds is 4. The van der Waals surface area contributed by atoms with E-state index in [1.54, 1.807) is 25.2 Å². The van der Waals surface area contributed by atoms with Gasteiger partial charge in [-0.15, -0.1) is 0 Å². The van der Waals surface area contributed by atoms with Crippen LogP contribution in [-0.2, 0) is 4.79 Å². The second-order valence-corrected chi connectivity index (χ2v) is 2.44. The van der Waals surface area contributed by atoms with E-state index in [0.717, 1.165) is 0 Å². The van der Waals surface area contributed by atoms with Crippen LogP contribution in [0.4, 0.5) is 0 Å². The third-order valence-corrected chi connectivity index (χ3v) is 1.13. The van der Waals surface area contributed by atoms with Gasteiger partial charge in [0.2, 0.25) is 5.91 Å². The lowest BCUT2D eigenvalue weighted by molar-refractivity contribution is -0.115. The fourth-order valence-electron chi connectivity index (χ4n) is 0.691. The molecule has 0 saturated heterocycles. The molecule has 13 heavy (non-hydrogen) atoms. The predicted octanol–water partition coefficient (Wildman–Crippen LogP) is 1.22. The fourth-order valence-corrected chi connectivity index (χ4v) is 0.691. The predicted molar refractivity (Wildman–Crippen MR) is 54.6 cm³/mol. The minimum Gasteiger partial charge on any atom is -0.402 e. The molecule has 0 saturated carbocycles. The van der Waals surface area contributed by atoms with Crippen molar-refractivity contribution in [2.75, 3.05) is 0 Å². The minimum absolute atomic E-state index is 0.273. The summed E-state index contributed by atoms with van der Waals surface area (Å²) in [6, 6.07) is 0. The Hall–Kier alpha value is -1.77. The van der Waals surface area contributed by atoms with Gasteiger partial charge in [-0.2, -0.15) is 0 Å². The van der Waals surface area contributed by atoms with Gasteiger partial charge in [-0.25, -0.2) is 0 Å². The van der Waals surface area contributed by atoms with E-state index in [4.69, 9.17) is 5.73 Å². The number of carbonyl (C=O) groups excluding carboxylic acids is 1. The Bertz CT molecular complexity index is 271. The maximum atomic E-state index is 10.9. The van der Waals surface area contributed by atoms with Crippen molar-refractivity contribution in [1.29, 1.82) is 0 Å². The third kappa shape index (κ3) is 5.49. The number of nitrogens with one attached hydrogen (secondary N) is 1. The van der Waals surface area contributed by atoms with Crippen molar-refractivity contribution >= 4 is 5.91 Å². The van der Waals surface area contributed by atoms with Crippen molar-refractivity contribution in [1.82, 2.24) is 5.32 Å². The standard InChI is InChI=1S/C10H14N2O/c1-4-6-9(7-8(3)11)12-10(13)5-2/h4-7H,1-2,11H2,3H3,(H,12,13)/b8-7+,9-6+. The molecule has 3 N–H and O–H groups in total. The van der Waals surface area contributed by atoms with Crippen LogP contribution in [0.1, 0.15) is 6.92 Å². The molecular formula is C10H14N2O. The third-order valence-electron chi connectivity index (χ3n) is 1.13. The van der Waals surface area contributed by atoms with E-state index in [1.807, 2.05) is 0 Å². The van der Waals surface area contributed by atoms with Crippen LogP contribution < -0.4 is 11.1 Å². The lowest BCUT2D eigenvalue weighted by Gasteiger charge is -2.02. The van der Waals surface area contributed by atoms with Crippen LogP contribution in [0.25, 0.3) is 0 Å². The highest BCUT2D eigenvalue weighted by atomic mass is 16.1. The molecule has 0 spiro atoms. The van der Waals surface area contributed by atoms with Crippen molar-refractivity contribution in [2.24, 2.45) is 5.73 Å². The van der Waals surface area contributed by atoms with Gasteiger partial charge in [0, 0.05) is 11.4 Å².